The van der Waals surface area contributed by atoms with Gasteiger partial charge in [-0.1, -0.05) is 18.2 Å². The highest BCUT2D eigenvalue weighted by atomic mass is 19.1. The van der Waals surface area contributed by atoms with Gasteiger partial charge < -0.3 is 10.4 Å². The van der Waals surface area contributed by atoms with Crippen LogP contribution in [0.4, 0.5) is 10.2 Å². The molecule has 0 radical (unpaired) electrons. The summed E-state index contributed by atoms with van der Waals surface area (Å²) in [5.41, 5.74) is 0.429. The lowest BCUT2D eigenvalue weighted by atomic mass is 10.2. The number of carboxylic acids is 1. The molecule has 0 spiro atoms. The van der Waals surface area contributed by atoms with Crippen LogP contribution in [0.5, 0.6) is 0 Å². The SMILES string of the molecule is O=C(CCn1ccc(C(=O)O)n1)Nc1ccn(Cc2ccccc2F)n1. The predicted molar refractivity (Wildman–Crippen MR) is 90.2 cm³/mol. The first kappa shape index (κ1) is 17.3. The van der Waals surface area contributed by atoms with Crippen molar-refractivity contribution in [1.82, 2.24) is 19.6 Å². The van der Waals surface area contributed by atoms with E-state index in [4.69, 9.17) is 5.11 Å². The number of halogens is 1. The van der Waals surface area contributed by atoms with E-state index in [-0.39, 0.29) is 36.9 Å². The van der Waals surface area contributed by atoms with Crippen molar-refractivity contribution in [3.63, 3.8) is 0 Å². The zero-order chi connectivity index (χ0) is 18.5. The molecule has 134 valence electrons. The van der Waals surface area contributed by atoms with Gasteiger partial charge in [0.25, 0.3) is 0 Å². The normalized spacial score (nSPS) is 10.7. The molecular formula is C17H16FN5O3. The summed E-state index contributed by atoms with van der Waals surface area (Å²) in [7, 11) is 0. The van der Waals surface area contributed by atoms with Crippen LogP contribution in [-0.2, 0) is 17.9 Å². The Labute approximate surface area is 147 Å². The van der Waals surface area contributed by atoms with Crippen LogP contribution < -0.4 is 5.32 Å². The van der Waals surface area contributed by atoms with Gasteiger partial charge in [-0.2, -0.15) is 10.2 Å². The molecule has 0 fully saturated rings. The van der Waals surface area contributed by atoms with Crippen molar-refractivity contribution >= 4 is 17.7 Å². The average molecular weight is 357 g/mol. The fraction of sp³-hybridized carbons (Fsp3) is 0.176. The number of carbonyl (C=O) groups is 2. The standard InChI is InChI=1S/C17H16FN5O3/c18-13-4-2-1-3-12(13)11-23-9-6-15(21-23)19-16(24)7-10-22-8-5-14(20-22)17(25)26/h1-6,8-9H,7,10-11H2,(H,25,26)(H,19,21,24). The third-order valence-corrected chi connectivity index (χ3v) is 3.63. The Morgan fingerprint density at radius 1 is 1.08 bits per heavy atom. The molecule has 2 aromatic heterocycles. The zero-order valence-corrected chi connectivity index (χ0v) is 13.7. The molecule has 0 saturated heterocycles. The van der Waals surface area contributed by atoms with Crippen molar-refractivity contribution in [2.24, 2.45) is 0 Å². The number of aromatic nitrogens is 4. The molecule has 2 heterocycles. The molecule has 8 nitrogen and oxygen atoms in total. The van der Waals surface area contributed by atoms with Crippen molar-refractivity contribution in [3.8, 4) is 0 Å². The van der Waals surface area contributed by atoms with Gasteiger partial charge >= 0.3 is 5.97 Å². The third-order valence-electron chi connectivity index (χ3n) is 3.63. The van der Waals surface area contributed by atoms with Crippen molar-refractivity contribution in [1.29, 1.82) is 0 Å². The summed E-state index contributed by atoms with van der Waals surface area (Å²) in [5, 5.41) is 19.5. The van der Waals surface area contributed by atoms with Gasteiger partial charge in [-0.25, -0.2) is 9.18 Å². The molecule has 3 rings (SSSR count). The van der Waals surface area contributed by atoms with E-state index in [1.165, 1.54) is 27.7 Å². The van der Waals surface area contributed by atoms with E-state index in [1.54, 1.807) is 30.5 Å². The van der Waals surface area contributed by atoms with Crippen molar-refractivity contribution in [2.75, 3.05) is 5.32 Å². The molecule has 0 unspecified atom stereocenters. The van der Waals surface area contributed by atoms with Gasteiger partial charge in [0.1, 0.15) is 5.82 Å². The van der Waals surface area contributed by atoms with Crippen molar-refractivity contribution in [3.05, 3.63) is 65.9 Å². The predicted octanol–water partition coefficient (Wildman–Crippen LogP) is 1.99. The van der Waals surface area contributed by atoms with E-state index in [0.29, 0.717) is 11.4 Å². The number of hydrogen-bond acceptors (Lipinski definition) is 4. The number of anilines is 1. The molecule has 1 amide bonds. The summed E-state index contributed by atoms with van der Waals surface area (Å²) in [4.78, 5) is 22.7. The van der Waals surface area contributed by atoms with Crippen LogP contribution in [0.25, 0.3) is 0 Å². The number of benzene rings is 1. The Morgan fingerprint density at radius 3 is 2.58 bits per heavy atom. The van der Waals surface area contributed by atoms with Gasteiger partial charge in [-0.15, -0.1) is 0 Å². The largest absolute Gasteiger partial charge is 0.476 e. The Bertz CT molecular complexity index is 934. The monoisotopic (exact) mass is 357 g/mol. The van der Waals surface area contributed by atoms with E-state index in [2.05, 4.69) is 15.5 Å². The van der Waals surface area contributed by atoms with Crippen LogP contribution in [0, 0.1) is 5.82 Å². The minimum absolute atomic E-state index is 0.0719. The number of hydrogen-bond donors (Lipinski definition) is 2. The minimum Gasteiger partial charge on any atom is -0.476 e. The second-order valence-corrected chi connectivity index (χ2v) is 5.56. The summed E-state index contributed by atoms with van der Waals surface area (Å²) in [6.07, 6.45) is 3.26. The number of carboxylic acid groups (broad SMARTS) is 1. The molecule has 0 aliphatic heterocycles. The average Bonchev–Trinajstić information content (AvgIpc) is 3.25. The van der Waals surface area contributed by atoms with Crippen LogP contribution in [0.3, 0.4) is 0 Å². The van der Waals surface area contributed by atoms with E-state index in [1.807, 2.05) is 0 Å². The van der Waals surface area contributed by atoms with Gasteiger partial charge in [0, 0.05) is 37.0 Å². The molecule has 0 aliphatic rings. The third kappa shape index (κ3) is 4.32. The minimum atomic E-state index is -1.12. The molecule has 26 heavy (non-hydrogen) atoms. The Balaban J connectivity index is 1.52. The van der Waals surface area contributed by atoms with Crippen LogP contribution in [0.15, 0.2) is 48.8 Å². The summed E-state index contributed by atoms with van der Waals surface area (Å²) in [5.74, 6) is -1.35. The van der Waals surface area contributed by atoms with Crippen LogP contribution in [0.2, 0.25) is 0 Å². The maximum absolute atomic E-state index is 13.6. The Kier molecular flexibility index (Phi) is 5.07. The van der Waals surface area contributed by atoms with E-state index in [0.717, 1.165) is 0 Å². The lowest BCUT2D eigenvalue weighted by Gasteiger charge is -2.04. The van der Waals surface area contributed by atoms with Crippen molar-refractivity contribution in [2.45, 2.75) is 19.5 Å². The quantitative estimate of drug-likeness (QED) is 0.673. The van der Waals surface area contributed by atoms with Crippen LogP contribution in [0.1, 0.15) is 22.5 Å². The summed E-state index contributed by atoms with van der Waals surface area (Å²) in [6.45, 7) is 0.503. The second kappa shape index (κ2) is 7.60. The lowest BCUT2D eigenvalue weighted by molar-refractivity contribution is -0.116. The van der Waals surface area contributed by atoms with Gasteiger partial charge in [-0.3, -0.25) is 14.2 Å². The Morgan fingerprint density at radius 2 is 1.85 bits per heavy atom. The zero-order valence-electron chi connectivity index (χ0n) is 13.7. The lowest BCUT2D eigenvalue weighted by Crippen LogP contribution is -2.15. The highest BCUT2D eigenvalue weighted by Gasteiger charge is 2.10. The first-order valence-electron chi connectivity index (χ1n) is 7.85. The molecule has 0 bridgehead atoms. The number of nitrogens with one attached hydrogen (secondary N) is 1. The van der Waals surface area contributed by atoms with Gasteiger partial charge in [-0.05, 0) is 12.1 Å². The number of carbonyl (C=O) groups excluding carboxylic acids is 1. The van der Waals surface area contributed by atoms with Crippen LogP contribution >= 0.6 is 0 Å². The smallest absolute Gasteiger partial charge is 0.356 e. The first-order valence-corrected chi connectivity index (χ1v) is 7.85. The van der Waals surface area contributed by atoms with E-state index >= 15 is 0 Å². The van der Waals surface area contributed by atoms with Gasteiger partial charge in [0.2, 0.25) is 5.91 Å². The summed E-state index contributed by atoms with van der Waals surface area (Å²) < 4.78 is 16.6. The Hall–Kier alpha value is -3.49. The number of rotatable bonds is 7. The van der Waals surface area contributed by atoms with E-state index in [9.17, 15) is 14.0 Å². The van der Waals surface area contributed by atoms with Gasteiger partial charge in [0.05, 0.1) is 6.54 Å². The van der Waals surface area contributed by atoms with Crippen molar-refractivity contribution < 1.29 is 19.1 Å². The molecule has 2 N–H and O–H groups in total. The maximum atomic E-state index is 13.6. The van der Waals surface area contributed by atoms with Gasteiger partial charge in [0.15, 0.2) is 11.5 Å². The maximum Gasteiger partial charge on any atom is 0.356 e. The fourth-order valence-electron chi connectivity index (χ4n) is 2.34. The molecular weight excluding hydrogens is 341 g/mol. The second-order valence-electron chi connectivity index (χ2n) is 5.56. The first-order chi connectivity index (χ1) is 12.5. The number of aromatic carboxylic acids is 1. The highest BCUT2D eigenvalue weighted by molar-refractivity contribution is 5.89. The van der Waals surface area contributed by atoms with Crippen LogP contribution in [-0.4, -0.2) is 36.5 Å². The topological polar surface area (TPSA) is 102 Å². The molecule has 0 atom stereocenters. The molecule has 0 aliphatic carbocycles. The fourth-order valence-corrected chi connectivity index (χ4v) is 2.34. The molecule has 1 aromatic carbocycles. The number of amides is 1. The number of aryl methyl sites for hydroxylation is 1. The molecule has 0 saturated carbocycles. The highest BCUT2D eigenvalue weighted by Crippen LogP contribution is 2.10. The molecule has 3 aromatic rings. The summed E-state index contributed by atoms with van der Waals surface area (Å²) >= 11 is 0. The number of nitrogens with zero attached hydrogens (tertiary/aromatic N) is 4. The van der Waals surface area contributed by atoms with E-state index < -0.39 is 5.97 Å². The summed E-state index contributed by atoms with van der Waals surface area (Å²) in [6, 6.07) is 9.40. The molecule has 9 heteroatoms.